The van der Waals surface area contributed by atoms with Crippen molar-refractivity contribution in [1.29, 1.82) is 0 Å². The van der Waals surface area contributed by atoms with E-state index in [4.69, 9.17) is 4.74 Å². The maximum absolute atomic E-state index is 13.0. The number of likely N-dealkylation sites (tertiary alicyclic amines) is 1. The molecule has 1 aromatic carbocycles. The van der Waals surface area contributed by atoms with Gasteiger partial charge in [-0.2, -0.15) is 0 Å². The summed E-state index contributed by atoms with van der Waals surface area (Å²) in [5.74, 6) is -2.25. The van der Waals surface area contributed by atoms with E-state index in [0.717, 1.165) is 22.4 Å². The zero-order valence-electron chi connectivity index (χ0n) is 16.9. The Morgan fingerprint density at radius 1 is 1.10 bits per heavy atom. The van der Waals surface area contributed by atoms with Crippen molar-refractivity contribution in [3.8, 4) is 0 Å². The van der Waals surface area contributed by atoms with Crippen LogP contribution < -0.4 is 0 Å². The van der Waals surface area contributed by atoms with Gasteiger partial charge in [0.1, 0.15) is 6.04 Å². The average Bonchev–Trinajstić information content (AvgIpc) is 3.32. The maximum Gasteiger partial charge on any atom is 0.329 e. The number of fused-ring (bicyclic) bond motifs is 5. The molecule has 1 saturated heterocycles. The Morgan fingerprint density at radius 3 is 2.23 bits per heavy atom. The Hall–Kier alpha value is -1.54. The number of ketones is 1. The number of rotatable bonds is 5. The highest BCUT2D eigenvalue weighted by atomic mass is 79.9. The summed E-state index contributed by atoms with van der Waals surface area (Å²) in [6.07, 6.45) is 0.829. The molecule has 2 amide bonds. The number of esters is 1. The van der Waals surface area contributed by atoms with E-state index in [1.54, 1.807) is 6.07 Å². The van der Waals surface area contributed by atoms with E-state index in [9.17, 15) is 19.2 Å². The summed E-state index contributed by atoms with van der Waals surface area (Å²) in [7, 11) is 0. The van der Waals surface area contributed by atoms with Crippen LogP contribution in [-0.4, -0.2) is 50.8 Å². The van der Waals surface area contributed by atoms with Crippen LogP contribution in [0.25, 0.3) is 0 Å². The largest absolute Gasteiger partial charge is 0.456 e. The molecule has 2 aliphatic carbocycles. The molecule has 2 bridgehead atoms. The summed E-state index contributed by atoms with van der Waals surface area (Å²) in [5.41, 5.74) is 2.24. The molecule has 0 unspecified atom stereocenters. The lowest BCUT2D eigenvalue weighted by Gasteiger charge is -2.28. The number of nitrogens with zero attached hydrogens (tertiary/aromatic N) is 1. The van der Waals surface area contributed by atoms with Crippen LogP contribution in [0.1, 0.15) is 34.8 Å². The van der Waals surface area contributed by atoms with E-state index in [-0.39, 0.29) is 50.9 Å². The fourth-order valence-corrected chi connectivity index (χ4v) is 7.10. The van der Waals surface area contributed by atoms with Crippen LogP contribution in [-0.2, 0) is 19.1 Å². The summed E-state index contributed by atoms with van der Waals surface area (Å²) in [6.45, 7) is 4.77. The van der Waals surface area contributed by atoms with Gasteiger partial charge in [-0.05, 0) is 50.7 Å². The molecule has 3 aliphatic rings. The minimum absolute atomic E-state index is 0.0833. The second-order valence-corrected chi connectivity index (χ2v) is 10.7. The quantitative estimate of drug-likeness (QED) is 0.248. The standard InChI is InChI=1S/C22H23Br2NO5/c1-9-4-5-10(2)12(6-9)15(26)8-30-22(29)11(3)25-20(27)16-13-7-14(17(16)21(25)28)19(24)18(13)23/h4-6,11,13-14,16-19H,7-8H2,1-3H3/t11-,13+,14+,16-,17+,18-,19+/m0/s1. The van der Waals surface area contributed by atoms with Gasteiger partial charge in [0.25, 0.3) is 0 Å². The molecule has 30 heavy (non-hydrogen) atoms. The highest BCUT2D eigenvalue weighted by Crippen LogP contribution is 2.60. The Kier molecular flexibility index (Phi) is 5.68. The minimum atomic E-state index is -1.05. The molecule has 6 nitrogen and oxygen atoms in total. The average molecular weight is 541 g/mol. The number of hydrogen-bond acceptors (Lipinski definition) is 5. The molecular formula is C22H23Br2NO5. The van der Waals surface area contributed by atoms with Crippen molar-refractivity contribution in [1.82, 2.24) is 4.90 Å². The predicted octanol–water partition coefficient (Wildman–Crippen LogP) is 3.20. The van der Waals surface area contributed by atoms with E-state index in [0.29, 0.717) is 5.56 Å². The van der Waals surface area contributed by atoms with Crippen LogP contribution >= 0.6 is 31.9 Å². The van der Waals surface area contributed by atoms with E-state index < -0.39 is 18.6 Å². The number of hydrogen-bond donors (Lipinski definition) is 0. The fraction of sp³-hybridized carbons (Fsp3) is 0.545. The zero-order chi connectivity index (χ0) is 21.9. The molecule has 4 rings (SSSR count). The Labute approximate surface area is 192 Å². The second-order valence-electron chi connectivity index (χ2n) is 8.58. The van der Waals surface area contributed by atoms with Crippen molar-refractivity contribution >= 4 is 55.4 Å². The lowest BCUT2D eigenvalue weighted by molar-refractivity contribution is -0.157. The van der Waals surface area contributed by atoms with Crippen LogP contribution in [0.15, 0.2) is 18.2 Å². The molecular weight excluding hydrogens is 518 g/mol. The van der Waals surface area contributed by atoms with Gasteiger partial charge in [-0.3, -0.25) is 19.3 Å². The van der Waals surface area contributed by atoms with E-state index in [1.807, 2.05) is 26.0 Å². The van der Waals surface area contributed by atoms with Crippen LogP contribution in [0.4, 0.5) is 0 Å². The van der Waals surface area contributed by atoms with Crippen molar-refractivity contribution in [2.45, 2.75) is 42.9 Å². The lowest BCUT2D eigenvalue weighted by atomic mass is 9.81. The highest BCUT2D eigenvalue weighted by Gasteiger charge is 2.67. The summed E-state index contributed by atoms with van der Waals surface area (Å²) in [6, 6.07) is 4.45. The Bertz CT molecular complexity index is 915. The maximum atomic E-state index is 13.0. The molecule has 1 heterocycles. The van der Waals surface area contributed by atoms with Gasteiger partial charge in [-0.1, -0.05) is 49.6 Å². The van der Waals surface area contributed by atoms with Crippen LogP contribution in [0.2, 0.25) is 0 Å². The number of benzene rings is 1. The van der Waals surface area contributed by atoms with Crippen molar-refractivity contribution in [3.05, 3.63) is 34.9 Å². The summed E-state index contributed by atoms with van der Waals surface area (Å²) < 4.78 is 5.20. The first-order chi connectivity index (χ1) is 14.1. The second kappa shape index (κ2) is 7.86. The summed E-state index contributed by atoms with van der Waals surface area (Å²) in [5, 5.41) is 0. The lowest BCUT2D eigenvalue weighted by Crippen LogP contribution is -2.45. The van der Waals surface area contributed by atoms with Gasteiger partial charge >= 0.3 is 5.97 Å². The van der Waals surface area contributed by atoms with E-state index >= 15 is 0 Å². The van der Waals surface area contributed by atoms with Gasteiger partial charge in [0.15, 0.2) is 6.61 Å². The highest BCUT2D eigenvalue weighted by molar-refractivity contribution is 9.12. The number of alkyl halides is 2. The monoisotopic (exact) mass is 539 g/mol. The van der Waals surface area contributed by atoms with Gasteiger partial charge in [-0.25, -0.2) is 4.79 Å². The summed E-state index contributed by atoms with van der Waals surface area (Å²) >= 11 is 7.29. The number of aryl methyl sites for hydroxylation is 2. The molecule has 8 heteroatoms. The Morgan fingerprint density at radius 2 is 1.67 bits per heavy atom. The molecule has 0 aromatic heterocycles. The predicted molar refractivity (Wildman–Crippen MR) is 117 cm³/mol. The van der Waals surface area contributed by atoms with Crippen molar-refractivity contribution < 1.29 is 23.9 Å². The fourth-order valence-electron chi connectivity index (χ4n) is 5.23. The molecule has 1 aromatic rings. The first-order valence-electron chi connectivity index (χ1n) is 10.1. The number of imide groups is 1. The molecule has 3 fully saturated rings. The van der Waals surface area contributed by atoms with Crippen LogP contribution in [0.5, 0.6) is 0 Å². The smallest absolute Gasteiger partial charge is 0.329 e. The first kappa shape index (κ1) is 21.7. The number of amides is 2. The molecule has 160 valence electrons. The van der Waals surface area contributed by atoms with E-state index in [2.05, 4.69) is 31.9 Å². The van der Waals surface area contributed by atoms with E-state index in [1.165, 1.54) is 6.92 Å². The van der Waals surface area contributed by atoms with Gasteiger partial charge in [0.2, 0.25) is 17.6 Å². The Balaban J connectivity index is 1.43. The van der Waals surface area contributed by atoms with Crippen molar-refractivity contribution in [2.75, 3.05) is 6.61 Å². The molecule has 7 atom stereocenters. The molecule has 0 radical (unpaired) electrons. The first-order valence-corrected chi connectivity index (χ1v) is 11.9. The van der Waals surface area contributed by atoms with Gasteiger partial charge in [0.05, 0.1) is 11.8 Å². The number of Topliss-reactive ketones (excluding diaryl/α,β-unsaturated/α-hetero) is 1. The molecule has 1 aliphatic heterocycles. The third-order valence-corrected chi connectivity index (χ3v) is 10.00. The normalized spacial score (nSPS) is 33.0. The van der Waals surface area contributed by atoms with Gasteiger partial charge in [-0.15, -0.1) is 0 Å². The van der Waals surface area contributed by atoms with Crippen LogP contribution in [0.3, 0.4) is 0 Å². The topological polar surface area (TPSA) is 80.8 Å². The minimum Gasteiger partial charge on any atom is -0.456 e. The number of carbonyl (C=O) groups is 4. The molecule has 2 saturated carbocycles. The number of carbonyl (C=O) groups excluding carboxylic acids is 4. The van der Waals surface area contributed by atoms with Crippen molar-refractivity contribution in [2.24, 2.45) is 23.7 Å². The SMILES string of the molecule is Cc1ccc(C)c(C(=O)COC(=O)[C@H](C)N2C(=O)[C@@H]3[C@H]4C[C@@H]([C@H](Br)[C@@H]4Br)[C@@H]3C2=O)c1. The third-order valence-electron chi connectivity index (χ3n) is 6.79. The summed E-state index contributed by atoms with van der Waals surface area (Å²) in [4.78, 5) is 52.5. The van der Waals surface area contributed by atoms with Crippen LogP contribution in [0, 0.1) is 37.5 Å². The molecule has 0 N–H and O–H groups in total. The zero-order valence-corrected chi connectivity index (χ0v) is 20.1. The van der Waals surface area contributed by atoms with Gasteiger partial charge in [0, 0.05) is 15.2 Å². The molecule has 0 spiro atoms. The number of ether oxygens (including phenoxy) is 1. The number of halogens is 2. The van der Waals surface area contributed by atoms with Gasteiger partial charge < -0.3 is 4.74 Å². The van der Waals surface area contributed by atoms with Crippen molar-refractivity contribution in [3.63, 3.8) is 0 Å². The third kappa shape index (κ3) is 3.27.